The van der Waals surface area contributed by atoms with Crippen molar-refractivity contribution in [3.63, 3.8) is 0 Å². The van der Waals surface area contributed by atoms with Crippen molar-refractivity contribution in [2.45, 2.75) is 64.7 Å². The fourth-order valence-electron chi connectivity index (χ4n) is 3.12. The minimum Gasteiger partial charge on any atom is -0.465 e. The van der Waals surface area contributed by atoms with Crippen LogP contribution in [0.15, 0.2) is 48.5 Å². The highest BCUT2D eigenvalue weighted by Gasteiger charge is 2.06. The van der Waals surface area contributed by atoms with Crippen molar-refractivity contribution in [1.29, 1.82) is 0 Å². The number of unbranched alkanes of at least 4 members (excludes halogenated alkanes) is 7. The summed E-state index contributed by atoms with van der Waals surface area (Å²) in [7, 11) is 0. The number of hydrogen-bond acceptors (Lipinski definition) is 2. The van der Waals surface area contributed by atoms with Gasteiger partial charge in [0.05, 0.1) is 13.0 Å². The number of carbonyl (C=O) groups is 1. The van der Waals surface area contributed by atoms with Crippen molar-refractivity contribution in [3.05, 3.63) is 59.1 Å². The predicted molar refractivity (Wildman–Crippen MR) is 114 cm³/mol. The van der Waals surface area contributed by atoms with Gasteiger partial charge in [0.15, 0.2) is 0 Å². The summed E-state index contributed by atoms with van der Waals surface area (Å²) in [6, 6.07) is 15.8. The molecule has 2 aromatic rings. The van der Waals surface area contributed by atoms with Gasteiger partial charge < -0.3 is 4.74 Å². The number of halogens is 1. The quantitative estimate of drug-likeness (QED) is 0.284. The monoisotopic (exact) mass is 386 g/mol. The summed E-state index contributed by atoms with van der Waals surface area (Å²) < 4.78 is 5.37. The molecule has 0 N–H and O–H groups in total. The maximum absolute atomic E-state index is 12.0. The van der Waals surface area contributed by atoms with E-state index in [4.69, 9.17) is 16.3 Å². The molecule has 0 aromatic heterocycles. The van der Waals surface area contributed by atoms with Crippen molar-refractivity contribution in [1.82, 2.24) is 0 Å². The minimum atomic E-state index is -0.145. The van der Waals surface area contributed by atoms with Gasteiger partial charge in [-0.2, -0.15) is 0 Å². The molecule has 0 amide bonds. The van der Waals surface area contributed by atoms with Crippen molar-refractivity contribution >= 4 is 17.6 Å². The third-order valence-electron chi connectivity index (χ3n) is 4.72. The third kappa shape index (κ3) is 8.62. The maximum atomic E-state index is 12.0. The molecule has 2 aromatic carbocycles. The molecule has 2 nitrogen and oxygen atoms in total. The molecule has 2 rings (SSSR count). The Labute approximate surface area is 168 Å². The van der Waals surface area contributed by atoms with E-state index < -0.39 is 0 Å². The number of rotatable bonds is 12. The summed E-state index contributed by atoms with van der Waals surface area (Å²) in [6.07, 6.45) is 10.3. The van der Waals surface area contributed by atoms with Gasteiger partial charge in [-0.3, -0.25) is 4.79 Å². The Morgan fingerprint density at radius 2 is 1.52 bits per heavy atom. The fraction of sp³-hybridized carbons (Fsp3) is 0.458. The molecule has 0 aliphatic heterocycles. The molecular weight excluding hydrogens is 356 g/mol. The Hall–Kier alpha value is -1.80. The van der Waals surface area contributed by atoms with Crippen molar-refractivity contribution in [3.8, 4) is 11.1 Å². The zero-order valence-electron chi connectivity index (χ0n) is 16.4. The van der Waals surface area contributed by atoms with E-state index in [1.54, 1.807) is 0 Å². The Kier molecular flexibility index (Phi) is 10.0. The average Bonchev–Trinajstić information content (AvgIpc) is 2.67. The summed E-state index contributed by atoms with van der Waals surface area (Å²) >= 11 is 6.04. The average molecular weight is 387 g/mol. The van der Waals surface area contributed by atoms with Crippen LogP contribution in [0.25, 0.3) is 11.1 Å². The highest BCUT2D eigenvalue weighted by atomic mass is 35.5. The van der Waals surface area contributed by atoms with Crippen LogP contribution in [0, 0.1) is 0 Å². The van der Waals surface area contributed by atoms with Gasteiger partial charge in [0.2, 0.25) is 0 Å². The lowest BCUT2D eigenvalue weighted by molar-refractivity contribution is -0.142. The largest absolute Gasteiger partial charge is 0.465 e. The molecule has 0 atom stereocenters. The molecule has 3 heteroatoms. The second kappa shape index (κ2) is 12.6. The van der Waals surface area contributed by atoms with Crippen LogP contribution in [0.3, 0.4) is 0 Å². The lowest BCUT2D eigenvalue weighted by Gasteiger charge is -2.07. The molecule has 0 saturated heterocycles. The number of carbonyl (C=O) groups excluding carboxylic acids is 1. The van der Waals surface area contributed by atoms with Gasteiger partial charge in [-0.25, -0.2) is 0 Å². The van der Waals surface area contributed by atoms with Crippen molar-refractivity contribution < 1.29 is 9.53 Å². The van der Waals surface area contributed by atoms with Crippen LogP contribution in [0.2, 0.25) is 5.02 Å². The lowest BCUT2D eigenvalue weighted by atomic mass is 10.0. The zero-order valence-corrected chi connectivity index (χ0v) is 17.1. The number of hydrogen-bond donors (Lipinski definition) is 0. The van der Waals surface area contributed by atoms with Gasteiger partial charge in [0, 0.05) is 5.02 Å². The molecule has 146 valence electrons. The second-order valence-corrected chi connectivity index (χ2v) is 7.52. The predicted octanol–water partition coefficient (Wildman–Crippen LogP) is 7.23. The summed E-state index contributed by atoms with van der Waals surface area (Å²) in [6.45, 7) is 2.77. The third-order valence-corrected chi connectivity index (χ3v) is 4.96. The normalized spacial score (nSPS) is 10.7. The molecule has 0 aliphatic rings. The van der Waals surface area contributed by atoms with Crippen LogP contribution in [0.1, 0.15) is 63.9 Å². The summed E-state index contributed by atoms with van der Waals surface area (Å²) in [4.78, 5) is 12.0. The molecule has 0 fully saturated rings. The summed E-state index contributed by atoms with van der Waals surface area (Å²) in [5.74, 6) is -0.145. The first-order valence-corrected chi connectivity index (χ1v) is 10.6. The molecular formula is C24H31ClO2. The van der Waals surface area contributed by atoms with Gasteiger partial charge in [0.25, 0.3) is 0 Å². The van der Waals surface area contributed by atoms with E-state index in [0.717, 1.165) is 34.6 Å². The first-order valence-electron chi connectivity index (χ1n) is 10.2. The molecule has 0 spiro atoms. The SMILES string of the molecule is CCCCCCCCCCOC(=O)Cc1ccc(-c2cccc(Cl)c2)cc1. The van der Waals surface area contributed by atoms with Crippen molar-refractivity contribution in [2.75, 3.05) is 6.61 Å². The zero-order chi connectivity index (χ0) is 19.3. The Bertz CT molecular complexity index is 679. The van der Waals surface area contributed by atoms with E-state index in [0.29, 0.717) is 13.0 Å². The van der Waals surface area contributed by atoms with Gasteiger partial charge >= 0.3 is 5.97 Å². The summed E-state index contributed by atoms with van der Waals surface area (Å²) in [5.41, 5.74) is 3.14. The highest BCUT2D eigenvalue weighted by Crippen LogP contribution is 2.23. The van der Waals surface area contributed by atoms with Crippen LogP contribution >= 0.6 is 11.6 Å². The van der Waals surface area contributed by atoms with E-state index in [-0.39, 0.29) is 5.97 Å². The maximum Gasteiger partial charge on any atom is 0.310 e. The van der Waals surface area contributed by atoms with Crippen LogP contribution in [-0.2, 0) is 16.0 Å². The van der Waals surface area contributed by atoms with E-state index in [9.17, 15) is 4.79 Å². The molecule has 0 bridgehead atoms. The second-order valence-electron chi connectivity index (χ2n) is 7.08. The summed E-state index contributed by atoms with van der Waals surface area (Å²) in [5, 5.41) is 0.723. The van der Waals surface area contributed by atoms with Crippen LogP contribution < -0.4 is 0 Å². The van der Waals surface area contributed by atoms with E-state index in [1.165, 1.54) is 38.5 Å². The smallest absolute Gasteiger partial charge is 0.310 e. The van der Waals surface area contributed by atoms with Gasteiger partial charge in [0.1, 0.15) is 0 Å². The Balaban J connectivity index is 1.63. The van der Waals surface area contributed by atoms with Crippen LogP contribution in [-0.4, -0.2) is 12.6 Å². The molecule has 0 saturated carbocycles. The Morgan fingerprint density at radius 1 is 0.852 bits per heavy atom. The number of ether oxygens (including phenoxy) is 1. The number of benzene rings is 2. The lowest BCUT2D eigenvalue weighted by Crippen LogP contribution is -2.09. The van der Waals surface area contributed by atoms with Gasteiger partial charge in [-0.05, 0) is 35.2 Å². The van der Waals surface area contributed by atoms with E-state index in [2.05, 4.69) is 6.92 Å². The fourth-order valence-corrected chi connectivity index (χ4v) is 3.31. The van der Waals surface area contributed by atoms with E-state index >= 15 is 0 Å². The first-order chi connectivity index (χ1) is 13.2. The van der Waals surface area contributed by atoms with Crippen LogP contribution in [0.5, 0.6) is 0 Å². The van der Waals surface area contributed by atoms with Crippen molar-refractivity contribution in [2.24, 2.45) is 0 Å². The first kappa shape index (κ1) is 21.5. The topological polar surface area (TPSA) is 26.3 Å². The molecule has 27 heavy (non-hydrogen) atoms. The minimum absolute atomic E-state index is 0.145. The molecule has 0 unspecified atom stereocenters. The molecule has 0 heterocycles. The molecule has 0 aliphatic carbocycles. The van der Waals surface area contributed by atoms with E-state index in [1.807, 2.05) is 48.5 Å². The number of esters is 1. The van der Waals surface area contributed by atoms with Gasteiger partial charge in [-0.15, -0.1) is 0 Å². The highest BCUT2D eigenvalue weighted by molar-refractivity contribution is 6.30. The van der Waals surface area contributed by atoms with Crippen LogP contribution in [0.4, 0.5) is 0 Å². The standard InChI is InChI=1S/C24H31ClO2/c1-2-3-4-5-6-7-8-9-17-27-24(26)18-20-13-15-21(16-14-20)22-11-10-12-23(25)19-22/h10-16,19H,2-9,17-18H2,1H3. The van der Waals surface area contributed by atoms with Gasteiger partial charge in [-0.1, -0.05) is 99.9 Å². The Morgan fingerprint density at radius 3 is 2.19 bits per heavy atom. The molecule has 0 radical (unpaired) electrons.